The second-order valence-electron chi connectivity index (χ2n) is 6.58. The normalized spacial score (nSPS) is 10.0. The van der Waals surface area contributed by atoms with Crippen LogP contribution in [0.15, 0.2) is 60.7 Å². The summed E-state index contributed by atoms with van der Waals surface area (Å²) in [6.45, 7) is 3.80. The summed E-state index contributed by atoms with van der Waals surface area (Å²) < 4.78 is 0. The third-order valence-corrected chi connectivity index (χ3v) is 4.39. The van der Waals surface area contributed by atoms with Crippen molar-refractivity contribution < 1.29 is 10.0 Å². The highest BCUT2D eigenvalue weighted by molar-refractivity contribution is 6.40. The van der Waals surface area contributed by atoms with E-state index in [9.17, 15) is 0 Å². The Kier molecular flexibility index (Phi) is 8.86. The minimum atomic E-state index is -1.12. The molecule has 0 unspecified atom stereocenters. The highest BCUT2D eigenvalue weighted by Gasteiger charge is 1.97. The fourth-order valence-corrected chi connectivity index (χ4v) is 2.66. The molecule has 2 aromatic heterocycles. The van der Waals surface area contributed by atoms with Crippen molar-refractivity contribution in [2.45, 2.75) is 26.6 Å². The lowest BCUT2D eigenvalue weighted by Gasteiger charge is -2.00. The van der Waals surface area contributed by atoms with E-state index in [1.54, 1.807) is 13.0 Å². The third-order valence-electron chi connectivity index (χ3n) is 4.18. The molecule has 0 bridgehead atoms. The molecule has 0 aliphatic heterocycles. The van der Waals surface area contributed by atoms with E-state index in [1.807, 2.05) is 48.5 Å². The highest BCUT2D eigenvalue weighted by atomic mass is 35.5. The van der Waals surface area contributed by atoms with E-state index in [0.29, 0.717) is 11.5 Å². The minimum Gasteiger partial charge on any atom is -0.427 e. The first-order valence-corrected chi connectivity index (χ1v) is 10.0. The molecule has 0 spiro atoms. The lowest BCUT2D eigenvalue weighted by molar-refractivity contribution is 0.408. The van der Waals surface area contributed by atoms with Gasteiger partial charge in [0.15, 0.2) is 0 Å². The van der Waals surface area contributed by atoms with Crippen molar-refractivity contribution in [3.05, 3.63) is 71.5 Å². The summed E-state index contributed by atoms with van der Waals surface area (Å²) in [4.78, 5) is 8.61. The number of nitrogens with zero attached hydrogens (tertiary/aromatic N) is 2. The van der Waals surface area contributed by atoms with Crippen LogP contribution in [-0.4, -0.2) is 27.1 Å². The fraction of sp³-hybridized carbons (Fsp3) is 0.182. The number of hydrogen-bond donors (Lipinski definition) is 4. The number of nitrogen functional groups attached to an aromatic ring is 2. The number of anilines is 2. The van der Waals surface area contributed by atoms with Crippen molar-refractivity contribution in [3.8, 4) is 0 Å². The summed E-state index contributed by atoms with van der Waals surface area (Å²) in [6, 6.07) is 19.1. The average Bonchev–Trinajstić information content (AvgIpc) is 2.74. The smallest absolute Gasteiger partial charge is 0.427 e. The van der Waals surface area contributed by atoms with E-state index < -0.39 is 7.12 Å². The molecule has 30 heavy (non-hydrogen) atoms. The SMILES string of the molecule is CCB(O)O.CCc1ccc2cc(N)ccc2n1.Nc1ccc2nc(Cl)ccc2c1. The van der Waals surface area contributed by atoms with Gasteiger partial charge in [-0.2, -0.15) is 0 Å². The molecule has 6 N–H and O–H groups in total. The van der Waals surface area contributed by atoms with Crippen LogP contribution in [0.4, 0.5) is 11.4 Å². The number of fused-ring (bicyclic) bond motifs is 2. The molecule has 0 saturated carbocycles. The first-order chi connectivity index (χ1) is 14.3. The van der Waals surface area contributed by atoms with Crippen molar-refractivity contribution in [2.24, 2.45) is 0 Å². The Morgan fingerprint density at radius 1 is 0.800 bits per heavy atom. The van der Waals surface area contributed by atoms with Crippen molar-refractivity contribution in [1.29, 1.82) is 0 Å². The van der Waals surface area contributed by atoms with Crippen LogP contribution in [0.2, 0.25) is 11.5 Å². The maximum atomic E-state index is 7.92. The zero-order valence-electron chi connectivity index (χ0n) is 17.1. The zero-order chi connectivity index (χ0) is 22.1. The number of pyridine rings is 2. The quantitative estimate of drug-likeness (QED) is 0.216. The lowest BCUT2D eigenvalue weighted by Crippen LogP contribution is -2.06. The molecule has 2 aromatic carbocycles. The number of aromatic nitrogens is 2. The number of nitrogens with two attached hydrogens (primary N) is 2. The van der Waals surface area contributed by atoms with E-state index in [-0.39, 0.29) is 0 Å². The molecule has 4 aromatic rings. The minimum absolute atomic E-state index is 0.417. The first-order valence-electron chi connectivity index (χ1n) is 9.65. The number of hydrogen-bond acceptors (Lipinski definition) is 6. The Labute approximate surface area is 181 Å². The molecule has 0 radical (unpaired) electrons. The van der Waals surface area contributed by atoms with Crippen LogP contribution in [0.5, 0.6) is 0 Å². The van der Waals surface area contributed by atoms with Crippen LogP contribution < -0.4 is 11.5 Å². The molecule has 8 heteroatoms. The Bertz CT molecular complexity index is 1070. The van der Waals surface area contributed by atoms with Crippen LogP contribution in [0.25, 0.3) is 21.8 Å². The maximum absolute atomic E-state index is 7.92. The molecule has 0 aliphatic carbocycles. The summed E-state index contributed by atoms with van der Waals surface area (Å²) >= 11 is 5.72. The van der Waals surface area contributed by atoms with Gasteiger partial charge in [0.05, 0.1) is 11.0 Å². The Hall–Kier alpha value is -2.87. The molecule has 0 atom stereocenters. The van der Waals surface area contributed by atoms with Gasteiger partial charge in [-0.1, -0.05) is 31.5 Å². The zero-order valence-corrected chi connectivity index (χ0v) is 17.8. The van der Waals surface area contributed by atoms with Crippen LogP contribution >= 0.6 is 11.6 Å². The average molecular weight is 425 g/mol. The molecule has 156 valence electrons. The second-order valence-corrected chi connectivity index (χ2v) is 6.97. The standard InChI is InChI=1S/C11H12N2.C9H7ClN2.C2H7BO2/c1-2-10-5-3-8-7-9(12)4-6-11(8)13-10;10-9-4-1-6-5-7(11)2-3-8(6)12-9;1-2-3(4)5/h3-7H,2,12H2,1H3;1-5H,11H2;4-5H,2H2,1H3. The van der Waals surface area contributed by atoms with Gasteiger partial charge in [0, 0.05) is 27.8 Å². The number of aryl methyl sites for hydroxylation is 1. The molecule has 0 aliphatic rings. The van der Waals surface area contributed by atoms with Gasteiger partial charge in [0.2, 0.25) is 0 Å². The van der Waals surface area contributed by atoms with Crippen molar-refractivity contribution >= 4 is 51.9 Å². The van der Waals surface area contributed by atoms with Gasteiger partial charge in [0.25, 0.3) is 0 Å². The number of halogens is 1. The molecule has 4 rings (SSSR count). The first kappa shape index (κ1) is 23.4. The van der Waals surface area contributed by atoms with E-state index >= 15 is 0 Å². The fourth-order valence-electron chi connectivity index (χ4n) is 2.50. The van der Waals surface area contributed by atoms with Gasteiger partial charge in [-0.15, -0.1) is 0 Å². The summed E-state index contributed by atoms with van der Waals surface area (Å²) in [6.07, 6.45) is 1.39. The molecular formula is C22H26BClN4O2. The van der Waals surface area contributed by atoms with Crippen molar-refractivity contribution in [3.63, 3.8) is 0 Å². The lowest BCUT2D eigenvalue weighted by atomic mass is 9.88. The van der Waals surface area contributed by atoms with Gasteiger partial charge >= 0.3 is 7.12 Å². The van der Waals surface area contributed by atoms with Crippen molar-refractivity contribution in [2.75, 3.05) is 11.5 Å². The van der Waals surface area contributed by atoms with Crippen LogP contribution in [0.3, 0.4) is 0 Å². The van der Waals surface area contributed by atoms with Crippen LogP contribution in [0, 0.1) is 0 Å². The number of benzene rings is 2. The summed E-state index contributed by atoms with van der Waals surface area (Å²) in [5.41, 5.74) is 15.8. The Morgan fingerprint density at radius 2 is 1.30 bits per heavy atom. The maximum Gasteiger partial charge on any atom is 0.451 e. The molecule has 6 nitrogen and oxygen atoms in total. The molecule has 0 amide bonds. The summed E-state index contributed by atoms with van der Waals surface area (Å²) in [7, 11) is -1.12. The van der Waals surface area contributed by atoms with Gasteiger partial charge < -0.3 is 21.5 Å². The Morgan fingerprint density at radius 3 is 1.80 bits per heavy atom. The summed E-state index contributed by atoms with van der Waals surface area (Å²) in [5.74, 6) is 0. The van der Waals surface area contributed by atoms with E-state index in [0.717, 1.165) is 45.3 Å². The van der Waals surface area contributed by atoms with Gasteiger partial charge in [-0.05, 0) is 67.3 Å². The predicted molar refractivity (Wildman–Crippen MR) is 127 cm³/mol. The Balaban J connectivity index is 0.000000176. The van der Waals surface area contributed by atoms with E-state index in [1.165, 1.54) is 0 Å². The topological polar surface area (TPSA) is 118 Å². The number of rotatable bonds is 2. The molecule has 0 fully saturated rings. The van der Waals surface area contributed by atoms with Crippen LogP contribution in [-0.2, 0) is 6.42 Å². The van der Waals surface area contributed by atoms with Gasteiger partial charge in [0.1, 0.15) is 5.15 Å². The molecule has 2 heterocycles. The molecular weight excluding hydrogens is 399 g/mol. The monoisotopic (exact) mass is 424 g/mol. The van der Waals surface area contributed by atoms with E-state index in [4.69, 9.17) is 33.1 Å². The van der Waals surface area contributed by atoms with Crippen LogP contribution in [0.1, 0.15) is 19.5 Å². The van der Waals surface area contributed by atoms with E-state index in [2.05, 4.69) is 23.0 Å². The van der Waals surface area contributed by atoms with Gasteiger partial charge in [-0.25, -0.2) is 4.98 Å². The second kappa shape index (κ2) is 11.4. The van der Waals surface area contributed by atoms with Crippen molar-refractivity contribution in [1.82, 2.24) is 9.97 Å². The molecule has 0 saturated heterocycles. The third kappa shape index (κ3) is 7.19. The van der Waals surface area contributed by atoms with Gasteiger partial charge in [-0.3, -0.25) is 4.98 Å². The summed E-state index contributed by atoms with van der Waals surface area (Å²) in [5, 5.41) is 18.5. The predicted octanol–water partition coefficient (Wildman–Crippen LogP) is 4.33. The highest BCUT2D eigenvalue weighted by Crippen LogP contribution is 2.18. The largest absolute Gasteiger partial charge is 0.451 e.